The van der Waals surface area contributed by atoms with Gasteiger partial charge in [-0.05, 0) is 30.2 Å². The van der Waals surface area contributed by atoms with Crippen LogP contribution in [0.4, 0.5) is 14.5 Å². The molecule has 2 aromatic carbocycles. The molecule has 23 heavy (non-hydrogen) atoms. The van der Waals surface area contributed by atoms with E-state index >= 15 is 0 Å². The Morgan fingerprint density at radius 3 is 2.17 bits per heavy atom. The van der Waals surface area contributed by atoms with Gasteiger partial charge < -0.3 is 4.90 Å². The Balaban J connectivity index is 2.07. The summed E-state index contributed by atoms with van der Waals surface area (Å²) < 4.78 is 27.4. The molecule has 118 valence electrons. The molecule has 0 saturated carbocycles. The lowest BCUT2D eigenvalue weighted by molar-refractivity contribution is 0.183. The van der Waals surface area contributed by atoms with Crippen LogP contribution < -0.4 is 4.90 Å². The molecule has 0 amide bonds. The molecule has 1 aliphatic rings. The maximum absolute atomic E-state index is 13.7. The molecule has 0 aliphatic carbocycles. The topological polar surface area (TPSA) is 15.6 Å². The maximum atomic E-state index is 13.7. The third-order valence-electron chi connectivity index (χ3n) is 3.84. The van der Waals surface area contributed by atoms with Crippen molar-refractivity contribution in [3.05, 3.63) is 78.0 Å². The highest BCUT2D eigenvalue weighted by Crippen LogP contribution is 2.31. The number of para-hydroxylation sites is 1. The lowest BCUT2D eigenvalue weighted by Gasteiger charge is -2.35. The van der Waals surface area contributed by atoms with Gasteiger partial charge in [0.05, 0.1) is 11.4 Å². The van der Waals surface area contributed by atoms with E-state index in [9.17, 15) is 8.78 Å². The Kier molecular flexibility index (Phi) is 4.51. The van der Waals surface area contributed by atoms with Crippen molar-refractivity contribution < 1.29 is 8.78 Å². The number of nitrogens with zero attached hydrogens (tertiary/aromatic N) is 2. The van der Waals surface area contributed by atoms with E-state index in [1.54, 1.807) is 4.90 Å². The fraction of sp³-hybridized carbons (Fsp3) is 0.211. The summed E-state index contributed by atoms with van der Waals surface area (Å²) in [7, 11) is 0. The second kappa shape index (κ2) is 6.73. The standard InChI is InChI=1S/C19H18F2N2/c1-2-18-22-16(14-9-5-3-6-10-14)13-17(19(20)21)23(18)15-11-7-4-8-12-15/h3-13,18-19H,2H2,1H3. The number of hydrogen-bond donors (Lipinski definition) is 0. The molecule has 4 heteroatoms. The predicted octanol–water partition coefficient (Wildman–Crippen LogP) is 4.88. The van der Waals surface area contributed by atoms with Crippen molar-refractivity contribution in [3.63, 3.8) is 0 Å². The van der Waals surface area contributed by atoms with E-state index in [0.717, 1.165) is 11.3 Å². The molecule has 0 fully saturated rings. The molecule has 0 aromatic heterocycles. The highest BCUT2D eigenvalue weighted by molar-refractivity contribution is 6.10. The van der Waals surface area contributed by atoms with Crippen LogP contribution in [-0.4, -0.2) is 18.3 Å². The van der Waals surface area contributed by atoms with E-state index in [2.05, 4.69) is 0 Å². The van der Waals surface area contributed by atoms with Gasteiger partial charge in [-0.25, -0.2) is 8.78 Å². The minimum Gasteiger partial charge on any atom is -0.317 e. The van der Waals surface area contributed by atoms with E-state index in [1.807, 2.05) is 67.6 Å². The Morgan fingerprint density at radius 1 is 1.00 bits per heavy atom. The number of alkyl halides is 2. The summed E-state index contributed by atoms with van der Waals surface area (Å²) in [5, 5.41) is 0. The SMILES string of the molecule is CCC1N=C(c2ccccc2)C=C(C(F)F)N1c1ccccc1. The molecular weight excluding hydrogens is 294 g/mol. The van der Waals surface area contributed by atoms with E-state index in [1.165, 1.54) is 6.08 Å². The fourth-order valence-corrected chi connectivity index (χ4v) is 2.76. The van der Waals surface area contributed by atoms with Crippen LogP contribution in [0.1, 0.15) is 18.9 Å². The summed E-state index contributed by atoms with van der Waals surface area (Å²) in [6.07, 6.45) is -0.742. The van der Waals surface area contributed by atoms with Crippen LogP contribution in [-0.2, 0) is 0 Å². The zero-order valence-electron chi connectivity index (χ0n) is 12.9. The van der Waals surface area contributed by atoms with Crippen LogP contribution in [0, 0.1) is 0 Å². The van der Waals surface area contributed by atoms with Crippen LogP contribution in [0.25, 0.3) is 0 Å². The predicted molar refractivity (Wildman–Crippen MR) is 90.1 cm³/mol. The van der Waals surface area contributed by atoms with Gasteiger partial charge in [0.25, 0.3) is 6.43 Å². The molecule has 0 bridgehead atoms. The molecule has 1 aliphatic heterocycles. The van der Waals surface area contributed by atoms with E-state index in [0.29, 0.717) is 12.1 Å². The second-order valence-corrected chi connectivity index (χ2v) is 5.34. The summed E-state index contributed by atoms with van der Waals surface area (Å²) in [4.78, 5) is 6.33. The fourth-order valence-electron chi connectivity index (χ4n) is 2.76. The molecule has 1 unspecified atom stereocenters. The Labute approximate surface area is 134 Å². The number of anilines is 1. The first-order valence-corrected chi connectivity index (χ1v) is 7.68. The van der Waals surface area contributed by atoms with Crippen molar-refractivity contribution >= 4 is 11.4 Å². The van der Waals surface area contributed by atoms with Crippen molar-refractivity contribution in [3.8, 4) is 0 Å². The van der Waals surface area contributed by atoms with Gasteiger partial charge >= 0.3 is 0 Å². The largest absolute Gasteiger partial charge is 0.317 e. The minimum absolute atomic E-state index is 0.00287. The maximum Gasteiger partial charge on any atom is 0.278 e. The number of halogens is 2. The van der Waals surface area contributed by atoms with Gasteiger partial charge in [0.1, 0.15) is 6.17 Å². The van der Waals surface area contributed by atoms with Crippen LogP contribution >= 0.6 is 0 Å². The minimum atomic E-state index is -2.56. The Hall–Kier alpha value is -2.49. The number of rotatable bonds is 4. The normalized spacial score (nSPS) is 17.9. The van der Waals surface area contributed by atoms with Gasteiger partial charge in [-0.2, -0.15) is 0 Å². The van der Waals surface area contributed by atoms with Crippen LogP contribution in [0.15, 0.2) is 77.4 Å². The third-order valence-corrected chi connectivity index (χ3v) is 3.84. The van der Waals surface area contributed by atoms with Gasteiger partial charge in [-0.1, -0.05) is 55.5 Å². The highest BCUT2D eigenvalue weighted by Gasteiger charge is 2.30. The van der Waals surface area contributed by atoms with Crippen molar-refractivity contribution in [2.45, 2.75) is 25.9 Å². The molecule has 2 aromatic rings. The zero-order valence-corrected chi connectivity index (χ0v) is 12.9. The first-order valence-electron chi connectivity index (χ1n) is 7.68. The van der Waals surface area contributed by atoms with Gasteiger partial charge in [-0.15, -0.1) is 0 Å². The number of allylic oxidation sites excluding steroid dienone is 2. The smallest absolute Gasteiger partial charge is 0.278 e. The Morgan fingerprint density at radius 2 is 1.61 bits per heavy atom. The van der Waals surface area contributed by atoms with E-state index < -0.39 is 6.43 Å². The summed E-state index contributed by atoms with van der Waals surface area (Å²) in [6.45, 7) is 1.96. The molecule has 0 N–H and O–H groups in total. The molecule has 0 saturated heterocycles. The molecule has 1 atom stereocenters. The summed E-state index contributed by atoms with van der Waals surface area (Å²) in [5.74, 6) is 0. The quantitative estimate of drug-likeness (QED) is 0.785. The van der Waals surface area contributed by atoms with Gasteiger partial charge in [0.15, 0.2) is 0 Å². The lowest BCUT2D eigenvalue weighted by Crippen LogP contribution is -2.39. The zero-order chi connectivity index (χ0) is 16.2. The van der Waals surface area contributed by atoms with Crippen LogP contribution in [0.3, 0.4) is 0 Å². The summed E-state index contributed by atoms with van der Waals surface area (Å²) >= 11 is 0. The second-order valence-electron chi connectivity index (χ2n) is 5.34. The van der Waals surface area contributed by atoms with Crippen molar-refractivity contribution in [2.75, 3.05) is 4.90 Å². The van der Waals surface area contributed by atoms with Gasteiger partial charge in [-0.3, -0.25) is 4.99 Å². The first kappa shape index (κ1) is 15.4. The summed E-state index contributed by atoms with van der Waals surface area (Å²) in [5.41, 5.74) is 2.20. The third kappa shape index (κ3) is 3.16. The first-order chi connectivity index (χ1) is 11.2. The number of hydrogen-bond acceptors (Lipinski definition) is 2. The van der Waals surface area contributed by atoms with E-state index in [-0.39, 0.29) is 11.9 Å². The number of aliphatic imine (C=N–C) groups is 1. The van der Waals surface area contributed by atoms with Crippen molar-refractivity contribution in [2.24, 2.45) is 4.99 Å². The van der Waals surface area contributed by atoms with Crippen LogP contribution in [0.2, 0.25) is 0 Å². The monoisotopic (exact) mass is 312 g/mol. The molecule has 2 nitrogen and oxygen atoms in total. The molecular formula is C19H18F2N2. The lowest BCUT2D eigenvalue weighted by atomic mass is 10.1. The average Bonchev–Trinajstić information content (AvgIpc) is 2.62. The van der Waals surface area contributed by atoms with Crippen molar-refractivity contribution in [1.82, 2.24) is 0 Å². The summed E-state index contributed by atoms with van der Waals surface area (Å²) in [6, 6.07) is 18.7. The molecule has 0 spiro atoms. The average molecular weight is 312 g/mol. The van der Waals surface area contributed by atoms with E-state index in [4.69, 9.17) is 4.99 Å². The van der Waals surface area contributed by atoms with Gasteiger partial charge in [0.2, 0.25) is 0 Å². The molecule has 0 radical (unpaired) electrons. The number of benzene rings is 2. The molecule has 1 heterocycles. The Bertz CT molecular complexity index is 709. The molecule has 3 rings (SSSR count). The van der Waals surface area contributed by atoms with Crippen molar-refractivity contribution in [1.29, 1.82) is 0 Å². The highest BCUT2D eigenvalue weighted by atomic mass is 19.3. The van der Waals surface area contributed by atoms with Gasteiger partial charge in [0, 0.05) is 5.69 Å². The van der Waals surface area contributed by atoms with Crippen LogP contribution in [0.5, 0.6) is 0 Å².